The topological polar surface area (TPSA) is 65.5 Å². The van der Waals surface area contributed by atoms with Crippen molar-refractivity contribution in [2.24, 2.45) is 0 Å². The van der Waals surface area contributed by atoms with Gasteiger partial charge in [0.2, 0.25) is 5.88 Å². The Kier molecular flexibility index (Phi) is 6.58. The molecule has 0 unspecified atom stereocenters. The quantitative estimate of drug-likeness (QED) is 0.383. The third-order valence-electron chi connectivity index (χ3n) is 6.28. The van der Waals surface area contributed by atoms with Gasteiger partial charge >= 0.3 is 0 Å². The lowest BCUT2D eigenvalue weighted by atomic mass is 10.0. The number of para-hydroxylation sites is 1. The lowest BCUT2D eigenvalue weighted by Gasteiger charge is -2.15. The van der Waals surface area contributed by atoms with Gasteiger partial charge in [0, 0.05) is 47.6 Å². The van der Waals surface area contributed by atoms with Gasteiger partial charge in [-0.1, -0.05) is 18.2 Å². The monoisotopic (exact) mass is 455 g/mol. The minimum absolute atomic E-state index is 0.425. The van der Waals surface area contributed by atoms with E-state index in [4.69, 9.17) is 19.2 Å². The molecular weight excluding hydrogens is 426 g/mol. The Hall–Kier alpha value is -3.64. The number of pyridine rings is 2. The second-order valence-corrected chi connectivity index (χ2v) is 8.53. The normalized spacial score (nSPS) is 12.5. The van der Waals surface area contributed by atoms with Crippen molar-refractivity contribution in [2.75, 3.05) is 14.2 Å². The zero-order chi connectivity index (χ0) is 23.3. The Bertz CT molecular complexity index is 1290. The largest absolute Gasteiger partial charge is 0.493 e. The van der Waals surface area contributed by atoms with Crippen LogP contribution in [0.4, 0.5) is 0 Å². The predicted molar refractivity (Wildman–Crippen MR) is 132 cm³/mol. The molecule has 1 N–H and O–H groups in total. The number of hydrogen-bond donors (Lipinski definition) is 1. The molecular formula is C28H29N3O3. The van der Waals surface area contributed by atoms with E-state index in [1.54, 1.807) is 20.4 Å². The van der Waals surface area contributed by atoms with Gasteiger partial charge in [-0.25, -0.2) is 4.98 Å². The molecule has 2 aromatic carbocycles. The minimum atomic E-state index is 0.425. The Morgan fingerprint density at radius 2 is 1.76 bits per heavy atom. The van der Waals surface area contributed by atoms with Crippen molar-refractivity contribution in [1.29, 1.82) is 0 Å². The SMILES string of the molecule is COc1cccc(CNCc2cc3cc4c(cc3nc2OCc2cccnc2)CCC4)c1OC. The Labute approximate surface area is 199 Å². The molecule has 0 atom stereocenters. The minimum Gasteiger partial charge on any atom is -0.493 e. The van der Waals surface area contributed by atoms with Crippen LogP contribution in [0.1, 0.15) is 34.2 Å². The molecule has 2 heterocycles. The number of ether oxygens (including phenoxy) is 3. The molecule has 174 valence electrons. The summed E-state index contributed by atoms with van der Waals surface area (Å²) >= 11 is 0. The third-order valence-corrected chi connectivity index (χ3v) is 6.28. The predicted octanol–water partition coefficient (Wildman–Crippen LogP) is 5.00. The molecule has 5 rings (SSSR count). The van der Waals surface area contributed by atoms with E-state index >= 15 is 0 Å². The molecule has 0 saturated heterocycles. The molecule has 0 amide bonds. The van der Waals surface area contributed by atoms with Crippen LogP contribution < -0.4 is 19.5 Å². The molecule has 0 radical (unpaired) electrons. The average molecular weight is 456 g/mol. The van der Waals surface area contributed by atoms with Gasteiger partial charge in [0.15, 0.2) is 11.5 Å². The highest BCUT2D eigenvalue weighted by atomic mass is 16.5. The van der Waals surface area contributed by atoms with E-state index in [1.807, 2.05) is 36.5 Å². The molecule has 0 saturated carbocycles. The second kappa shape index (κ2) is 10.1. The lowest BCUT2D eigenvalue weighted by molar-refractivity contribution is 0.290. The van der Waals surface area contributed by atoms with Crippen LogP contribution in [0.25, 0.3) is 10.9 Å². The van der Waals surface area contributed by atoms with E-state index in [0.717, 1.165) is 51.9 Å². The maximum atomic E-state index is 6.20. The highest BCUT2D eigenvalue weighted by molar-refractivity contribution is 5.82. The zero-order valence-corrected chi connectivity index (χ0v) is 19.6. The van der Waals surface area contributed by atoms with Crippen LogP contribution in [0, 0.1) is 0 Å². The van der Waals surface area contributed by atoms with E-state index in [9.17, 15) is 0 Å². The fourth-order valence-corrected chi connectivity index (χ4v) is 4.58. The first-order chi connectivity index (χ1) is 16.7. The van der Waals surface area contributed by atoms with Crippen molar-refractivity contribution in [3.05, 3.63) is 88.7 Å². The van der Waals surface area contributed by atoms with E-state index in [-0.39, 0.29) is 0 Å². The van der Waals surface area contributed by atoms with Crippen LogP contribution in [0.15, 0.2) is 60.9 Å². The zero-order valence-electron chi connectivity index (χ0n) is 19.6. The molecule has 4 aromatic rings. The van der Waals surface area contributed by atoms with Crippen LogP contribution in [-0.2, 0) is 32.5 Å². The Balaban J connectivity index is 1.40. The Morgan fingerprint density at radius 1 is 0.912 bits per heavy atom. The molecule has 0 spiro atoms. The molecule has 6 heteroatoms. The van der Waals surface area contributed by atoms with Crippen LogP contribution >= 0.6 is 0 Å². The van der Waals surface area contributed by atoms with Crippen LogP contribution in [0.3, 0.4) is 0 Å². The van der Waals surface area contributed by atoms with Crippen molar-refractivity contribution in [3.8, 4) is 17.4 Å². The average Bonchev–Trinajstić information content (AvgIpc) is 3.33. The first kappa shape index (κ1) is 22.2. The van der Waals surface area contributed by atoms with Crippen LogP contribution in [-0.4, -0.2) is 24.2 Å². The molecule has 2 aromatic heterocycles. The highest BCUT2D eigenvalue weighted by Gasteiger charge is 2.16. The number of nitrogens with zero attached hydrogens (tertiary/aromatic N) is 2. The first-order valence-electron chi connectivity index (χ1n) is 11.6. The molecule has 1 aliphatic rings. The number of nitrogens with one attached hydrogen (secondary N) is 1. The number of fused-ring (bicyclic) bond motifs is 2. The van der Waals surface area contributed by atoms with Gasteiger partial charge in [-0.15, -0.1) is 0 Å². The molecule has 0 fully saturated rings. The van der Waals surface area contributed by atoms with Crippen molar-refractivity contribution in [1.82, 2.24) is 15.3 Å². The van der Waals surface area contributed by atoms with Crippen molar-refractivity contribution >= 4 is 10.9 Å². The summed E-state index contributed by atoms with van der Waals surface area (Å²) in [7, 11) is 3.32. The van der Waals surface area contributed by atoms with Gasteiger partial charge in [-0.2, -0.15) is 0 Å². The summed E-state index contributed by atoms with van der Waals surface area (Å²) in [5, 5.41) is 4.69. The highest BCUT2D eigenvalue weighted by Crippen LogP contribution is 2.32. The molecule has 34 heavy (non-hydrogen) atoms. The van der Waals surface area contributed by atoms with E-state index in [2.05, 4.69) is 28.5 Å². The molecule has 0 aliphatic heterocycles. The van der Waals surface area contributed by atoms with Crippen molar-refractivity contribution < 1.29 is 14.2 Å². The van der Waals surface area contributed by atoms with Gasteiger partial charge in [-0.3, -0.25) is 4.98 Å². The summed E-state index contributed by atoms with van der Waals surface area (Å²) in [4.78, 5) is 9.11. The molecule has 0 bridgehead atoms. The smallest absolute Gasteiger partial charge is 0.218 e. The van der Waals surface area contributed by atoms with Crippen LogP contribution in [0.5, 0.6) is 17.4 Å². The maximum Gasteiger partial charge on any atom is 0.218 e. The number of methoxy groups -OCH3 is 2. The number of aromatic nitrogens is 2. The second-order valence-electron chi connectivity index (χ2n) is 8.53. The molecule has 6 nitrogen and oxygen atoms in total. The van der Waals surface area contributed by atoms with E-state index in [0.29, 0.717) is 25.6 Å². The molecule has 1 aliphatic carbocycles. The number of rotatable bonds is 9. The lowest BCUT2D eigenvalue weighted by Crippen LogP contribution is -2.15. The van der Waals surface area contributed by atoms with Gasteiger partial charge in [0.25, 0.3) is 0 Å². The van der Waals surface area contributed by atoms with E-state index < -0.39 is 0 Å². The summed E-state index contributed by atoms with van der Waals surface area (Å²) in [5.41, 5.74) is 6.91. The van der Waals surface area contributed by atoms with Crippen LogP contribution in [0.2, 0.25) is 0 Å². The third kappa shape index (κ3) is 4.68. The summed E-state index contributed by atoms with van der Waals surface area (Å²) < 4.78 is 17.2. The fourth-order valence-electron chi connectivity index (χ4n) is 4.58. The summed E-state index contributed by atoms with van der Waals surface area (Å²) in [6, 6.07) is 16.6. The van der Waals surface area contributed by atoms with Gasteiger partial charge < -0.3 is 19.5 Å². The van der Waals surface area contributed by atoms with Gasteiger partial charge in [-0.05, 0) is 60.7 Å². The number of hydrogen-bond acceptors (Lipinski definition) is 6. The van der Waals surface area contributed by atoms with Crippen molar-refractivity contribution in [2.45, 2.75) is 39.0 Å². The van der Waals surface area contributed by atoms with Gasteiger partial charge in [0.1, 0.15) is 6.61 Å². The maximum absolute atomic E-state index is 6.20. The summed E-state index contributed by atoms with van der Waals surface area (Å²) in [6.45, 7) is 1.67. The summed E-state index contributed by atoms with van der Waals surface area (Å²) in [6.07, 6.45) is 7.08. The fraction of sp³-hybridized carbons (Fsp3) is 0.286. The van der Waals surface area contributed by atoms with Gasteiger partial charge in [0.05, 0.1) is 19.7 Å². The van der Waals surface area contributed by atoms with E-state index in [1.165, 1.54) is 17.5 Å². The number of aryl methyl sites for hydroxylation is 2. The first-order valence-corrected chi connectivity index (χ1v) is 11.6. The standard InChI is InChI=1S/C28H29N3O3/c1-32-26-10-4-9-22(27(26)33-2)16-30-17-24-13-23-12-20-7-3-8-21(20)14-25(23)31-28(24)34-18-19-6-5-11-29-15-19/h4-6,9-15,30H,3,7-8,16-18H2,1-2H3. The van der Waals surface area contributed by atoms with Crippen molar-refractivity contribution in [3.63, 3.8) is 0 Å². The number of benzene rings is 2. The summed E-state index contributed by atoms with van der Waals surface area (Å²) in [5.74, 6) is 2.13. The Morgan fingerprint density at radius 3 is 2.56 bits per heavy atom.